The number of para-hydroxylation sites is 2. The highest BCUT2D eigenvalue weighted by Crippen LogP contribution is 2.45. The minimum absolute atomic E-state index is 0.281. The average molecular weight is 654 g/mol. The third-order valence-corrected chi connectivity index (χ3v) is 11.2. The smallest absolute Gasteiger partial charge is 0.147 e. The minimum Gasteiger partial charge on any atom is -0.292 e. The van der Waals surface area contributed by atoms with Crippen LogP contribution in [0.2, 0.25) is 0 Å². The van der Waals surface area contributed by atoms with Crippen LogP contribution in [0.15, 0.2) is 127 Å². The zero-order chi connectivity index (χ0) is 35.9. The van der Waals surface area contributed by atoms with Crippen molar-refractivity contribution >= 4 is 64.1 Å². The first-order chi connectivity index (χ1) is 25.1. The highest BCUT2D eigenvalue weighted by molar-refractivity contribution is 7.26. The van der Waals surface area contributed by atoms with Gasteiger partial charge in [0.2, 0.25) is 0 Å². The maximum Gasteiger partial charge on any atom is 0.147 e. The molecule has 238 valence electrons. The van der Waals surface area contributed by atoms with Crippen molar-refractivity contribution < 1.29 is 4.11 Å². The van der Waals surface area contributed by atoms with E-state index in [4.69, 9.17) is 9.10 Å². The number of benzene rings is 7. The van der Waals surface area contributed by atoms with Crippen molar-refractivity contribution in [1.82, 2.24) is 9.55 Å². The molecule has 0 aliphatic heterocycles. The number of hydrogen-bond acceptors (Lipinski definition) is 2. The molecule has 9 aromatic rings. The Hall–Kier alpha value is -5.25. The molecular formula is C46H38N2S. The van der Waals surface area contributed by atoms with Gasteiger partial charge in [0.25, 0.3) is 0 Å². The molecule has 0 spiro atoms. The summed E-state index contributed by atoms with van der Waals surface area (Å²) in [5.74, 6) is 1.51. The van der Waals surface area contributed by atoms with Crippen molar-refractivity contribution in [1.29, 1.82) is 0 Å². The number of thiophene rings is 1. The van der Waals surface area contributed by atoms with Crippen LogP contribution in [-0.4, -0.2) is 9.55 Å². The van der Waals surface area contributed by atoms with Crippen LogP contribution in [0.5, 0.6) is 0 Å². The van der Waals surface area contributed by atoms with Gasteiger partial charge in [0, 0.05) is 29.8 Å². The highest BCUT2D eigenvalue weighted by atomic mass is 32.1. The maximum absolute atomic E-state index is 7.92. The summed E-state index contributed by atoms with van der Waals surface area (Å²) >= 11 is 1.82. The fourth-order valence-corrected chi connectivity index (χ4v) is 8.82. The second-order valence-electron chi connectivity index (χ2n) is 13.8. The van der Waals surface area contributed by atoms with Crippen LogP contribution in [0.4, 0.5) is 0 Å². The lowest BCUT2D eigenvalue weighted by atomic mass is 9.88. The van der Waals surface area contributed by atoms with E-state index in [1.807, 2.05) is 29.5 Å². The summed E-state index contributed by atoms with van der Waals surface area (Å²) < 4.78 is 28.6. The monoisotopic (exact) mass is 653 g/mol. The molecule has 0 saturated carbocycles. The topological polar surface area (TPSA) is 17.8 Å². The van der Waals surface area contributed by atoms with E-state index in [0.717, 1.165) is 44.0 Å². The molecule has 0 unspecified atom stereocenters. The molecule has 9 rings (SSSR count). The number of aryl methyl sites for hydroxylation is 1. The molecule has 2 heterocycles. The largest absolute Gasteiger partial charge is 0.292 e. The number of aromatic nitrogens is 2. The van der Waals surface area contributed by atoms with Crippen LogP contribution < -0.4 is 0 Å². The molecule has 0 atom stereocenters. The molecular weight excluding hydrogens is 613 g/mol. The highest BCUT2D eigenvalue weighted by Gasteiger charge is 2.25. The lowest BCUT2D eigenvalue weighted by Crippen LogP contribution is -2.09. The van der Waals surface area contributed by atoms with E-state index in [1.165, 1.54) is 48.1 Å². The third kappa shape index (κ3) is 4.79. The normalized spacial score (nSPS) is 13.3. The molecule has 0 amide bonds. The molecule has 0 aliphatic rings. The first kappa shape index (κ1) is 26.7. The molecule has 2 aromatic heterocycles. The van der Waals surface area contributed by atoms with Crippen LogP contribution >= 0.6 is 11.3 Å². The molecule has 3 heteroatoms. The summed E-state index contributed by atoms with van der Waals surface area (Å²) in [5, 5.41) is 6.66. The van der Waals surface area contributed by atoms with E-state index in [1.54, 1.807) is 6.07 Å². The molecule has 49 heavy (non-hydrogen) atoms. The van der Waals surface area contributed by atoms with E-state index in [0.29, 0.717) is 5.56 Å². The van der Waals surface area contributed by atoms with Gasteiger partial charge in [-0.2, -0.15) is 0 Å². The summed E-state index contributed by atoms with van der Waals surface area (Å²) in [6, 6.07) is 44.9. The first-order valence-corrected chi connectivity index (χ1v) is 17.9. The summed E-state index contributed by atoms with van der Waals surface area (Å²) in [7, 11) is 0. The van der Waals surface area contributed by atoms with Crippen LogP contribution in [0, 0.1) is 6.85 Å². The Morgan fingerprint density at radius 2 is 1.35 bits per heavy atom. The average Bonchev–Trinajstić information content (AvgIpc) is 3.71. The lowest BCUT2D eigenvalue weighted by Gasteiger charge is -2.24. The van der Waals surface area contributed by atoms with Crippen LogP contribution in [-0.2, 0) is 0 Å². The third-order valence-electron chi connectivity index (χ3n) is 10.00. The fourth-order valence-electron chi connectivity index (χ4n) is 7.58. The quantitative estimate of drug-likeness (QED) is 0.169. The predicted molar refractivity (Wildman–Crippen MR) is 213 cm³/mol. The molecule has 0 aliphatic carbocycles. The van der Waals surface area contributed by atoms with Gasteiger partial charge in [-0.25, -0.2) is 4.98 Å². The number of fused-ring (bicyclic) bond motifs is 7. The van der Waals surface area contributed by atoms with E-state index in [-0.39, 0.29) is 11.8 Å². The predicted octanol–water partition coefficient (Wildman–Crippen LogP) is 13.6. The van der Waals surface area contributed by atoms with Crippen molar-refractivity contribution in [2.45, 2.75) is 46.4 Å². The second kappa shape index (κ2) is 11.4. The van der Waals surface area contributed by atoms with Gasteiger partial charge >= 0.3 is 0 Å². The summed E-state index contributed by atoms with van der Waals surface area (Å²) in [4.78, 5) is 5.41. The van der Waals surface area contributed by atoms with Crippen molar-refractivity contribution in [3.8, 4) is 28.2 Å². The lowest BCUT2D eigenvalue weighted by molar-refractivity contribution is 0.812. The van der Waals surface area contributed by atoms with Gasteiger partial charge in [-0.1, -0.05) is 118 Å². The Labute approximate surface area is 295 Å². The Balaban J connectivity index is 1.32. The van der Waals surface area contributed by atoms with E-state index < -0.39 is 6.85 Å². The number of rotatable bonds is 5. The second-order valence-corrected chi connectivity index (χ2v) is 14.8. The Kier molecular flexibility index (Phi) is 6.22. The van der Waals surface area contributed by atoms with Crippen LogP contribution in [0.25, 0.3) is 81.0 Å². The van der Waals surface area contributed by atoms with E-state index in [2.05, 4.69) is 135 Å². The molecule has 0 bridgehead atoms. The van der Waals surface area contributed by atoms with Gasteiger partial charge in [-0.3, -0.25) is 4.57 Å². The summed E-state index contributed by atoms with van der Waals surface area (Å²) in [6.45, 7) is 7.03. The molecule has 0 fully saturated rings. The first-order valence-electron chi connectivity index (χ1n) is 18.6. The van der Waals surface area contributed by atoms with Crippen molar-refractivity contribution in [3.63, 3.8) is 0 Å². The number of nitrogens with zero attached hydrogens (tertiary/aromatic N) is 2. The Morgan fingerprint density at radius 1 is 0.612 bits per heavy atom. The Bertz CT molecular complexity index is 2810. The SMILES string of the molecule is [2H]C([2H])([2H])c1ccc2c(ccc3cc4sc5c(-c6nc7ccccc7n6-c6c(C(C)C)cc(-c7ccccc7)cc6C(C)C)cccc5c4cc32)c1. The molecule has 2 nitrogen and oxygen atoms in total. The molecule has 0 N–H and O–H groups in total. The zero-order valence-electron chi connectivity index (χ0n) is 31.1. The number of hydrogen-bond donors (Lipinski definition) is 0. The van der Waals surface area contributed by atoms with Gasteiger partial charge < -0.3 is 0 Å². The summed E-state index contributed by atoms with van der Waals surface area (Å²) in [5.41, 5.74) is 9.84. The van der Waals surface area contributed by atoms with Crippen LogP contribution in [0.1, 0.15) is 60.3 Å². The number of imidazole rings is 1. The van der Waals surface area contributed by atoms with Gasteiger partial charge in [0.15, 0.2) is 0 Å². The minimum atomic E-state index is -2.14. The van der Waals surface area contributed by atoms with Crippen molar-refractivity contribution in [3.05, 3.63) is 144 Å². The van der Waals surface area contributed by atoms with E-state index >= 15 is 0 Å². The van der Waals surface area contributed by atoms with E-state index in [9.17, 15) is 0 Å². The van der Waals surface area contributed by atoms with Gasteiger partial charge in [0.1, 0.15) is 5.82 Å². The molecule has 7 aromatic carbocycles. The zero-order valence-corrected chi connectivity index (χ0v) is 28.9. The molecule has 0 radical (unpaired) electrons. The van der Waals surface area contributed by atoms with Gasteiger partial charge in [0.05, 0.1) is 16.7 Å². The fraction of sp³-hybridized carbons (Fsp3) is 0.152. The standard InChI is InChI=1S/C46H38N2S/c1-27(2)37-23-33(30-12-7-6-8-13-30)24-38(28(3)4)44(37)48-42-17-10-9-16-41(42)47-46(48)36-15-11-14-35-40-26-39-32(25-43(40)49-45(35)36)20-19-31-22-29(5)18-21-34(31)39/h6-28H,1-5H3/i5D3. The molecule has 0 saturated heterocycles. The summed E-state index contributed by atoms with van der Waals surface area (Å²) in [6.07, 6.45) is 0. The van der Waals surface area contributed by atoms with Crippen LogP contribution in [0.3, 0.4) is 0 Å². The maximum atomic E-state index is 7.92. The van der Waals surface area contributed by atoms with Crippen molar-refractivity contribution in [2.24, 2.45) is 0 Å². The van der Waals surface area contributed by atoms with Gasteiger partial charge in [-0.05, 0) is 105 Å². The Morgan fingerprint density at radius 3 is 2.10 bits per heavy atom. The van der Waals surface area contributed by atoms with Gasteiger partial charge in [-0.15, -0.1) is 11.3 Å². The van der Waals surface area contributed by atoms with Crippen molar-refractivity contribution in [2.75, 3.05) is 0 Å².